The number of aromatic nitrogens is 1. The highest BCUT2D eigenvalue weighted by molar-refractivity contribution is 5.91. The van der Waals surface area contributed by atoms with Gasteiger partial charge >= 0.3 is 6.03 Å². The number of urea groups is 1. The van der Waals surface area contributed by atoms with Crippen LogP contribution in [0.4, 0.5) is 23.7 Å². The normalized spacial score (nSPS) is 12.0. The van der Waals surface area contributed by atoms with Crippen molar-refractivity contribution < 1.29 is 23.1 Å². The fourth-order valence-electron chi connectivity index (χ4n) is 3.23. The third-order valence-electron chi connectivity index (χ3n) is 4.81. The van der Waals surface area contributed by atoms with Gasteiger partial charge in [-0.2, -0.15) is 0 Å². The lowest BCUT2D eigenvalue weighted by molar-refractivity contribution is 0.182. The van der Waals surface area contributed by atoms with Crippen LogP contribution in [0.1, 0.15) is 24.9 Å². The molecule has 0 aliphatic carbocycles. The van der Waals surface area contributed by atoms with Crippen LogP contribution in [-0.4, -0.2) is 34.2 Å². The largest absolute Gasteiger partial charge is 0.396 e. The van der Waals surface area contributed by atoms with Crippen LogP contribution in [0.2, 0.25) is 0 Å². The number of benzene rings is 2. The van der Waals surface area contributed by atoms with Crippen LogP contribution in [0.5, 0.6) is 0 Å². The molecule has 0 aliphatic heterocycles. The van der Waals surface area contributed by atoms with Crippen molar-refractivity contribution in [1.82, 2.24) is 9.88 Å². The lowest BCUT2D eigenvalue weighted by atomic mass is 10.0. The van der Waals surface area contributed by atoms with E-state index in [1.165, 1.54) is 35.4 Å². The van der Waals surface area contributed by atoms with Gasteiger partial charge in [-0.3, -0.25) is 4.79 Å². The number of hydrogen-bond donors (Lipinski definition) is 3. The average Bonchev–Trinajstić information content (AvgIpc) is 2.71. The number of fused-ring (bicyclic) bond motifs is 1. The van der Waals surface area contributed by atoms with Crippen LogP contribution in [-0.2, 0) is 0 Å². The van der Waals surface area contributed by atoms with Gasteiger partial charge in [0.1, 0.15) is 5.82 Å². The number of amides is 2. The summed E-state index contributed by atoms with van der Waals surface area (Å²) in [6.07, 6.45) is 1.62. The summed E-state index contributed by atoms with van der Waals surface area (Å²) in [4.78, 5) is 28.8. The Hall–Kier alpha value is -3.33. The Bertz CT molecular complexity index is 1120. The number of carbonyl (C=O) groups excluding carboxylic acids is 1. The molecule has 3 aromatic rings. The van der Waals surface area contributed by atoms with Gasteiger partial charge < -0.3 is 20.3 Å². The predicted molar refractivity (Wildman–Crippen MR) is 107 cm³/mol. The number of nitrogens with zero attached hydrogens (tertiary/aromatic N) is 1. The topological polar surface area (TPSA) is 85.4 Å². The summed E-state index contributed by atoms with van der Waals surface area (Å²) in [5, 5.41) is 12.0. The smallest absolute Gasteiger partial charge is 0.322 e. The van der Waals surface area contributed by atoms with Crippen molar-refractivity contribution in [3.63, 3.8) is 0 Å². The minimum atomic E-state index is -1.15. The molecule has 6 nitrogen and oxygen atoms in total. The molecule has 0 saturated heterocycles. The van der Waals surface area contributed by atoms with E-state index >= 15 is 0 Å². The number of nitrogens with one attached hydrogen (secondary N) is 2. The molecule has 0 saturated carbocycles. The first-order valence-electron chi connectivity index (χ1n) is 9.26. The number of rotatable bonds is 6. The summed E-state index contributed by atoms with van der Waals surface area (Å²) >= 11 is 0. The second-order valence-electron chi connectivity index (χ2n) is 6.77. The van der Waals surface area contributed by atoms with Gasteiger partial charge in [-0.15, -0.1) is 0 Å². The van der Waals surface area contributed by atoms with E-state index in [0.29, 0.717) is 11.3 Å². The zero-order chi connectivity index (χ0) is 21.8. The second-order valence-corrected chi connectivity index (χ2v) is 6.77. The summed E-state index contributed by atoms with van der Waals surface area (Å²) in [7, 11) is 0. The highest BCUT2D eigenvalue weighted by atomic mass is 19.2. The minimum absolute atomic E-state index is 0.0423. The van der Waals surface area contributed by atoms with E-state index in [0.717, 1.165) is 12.1 Å². The van der Waals surface area contributed by atoms with E-state index in [2.05, 4.69) is 10.3 Å². The quantitative estimate of drug-likeness (QED) is 0.566. The lowest BCUT2D eigenvalue weighted by Gasteiger charge is -2.30. The van der Waals surface area contributed by atoms with Crippen molar-refractivity contribution in [3.8, 4) is 0 Å². The van der Waals surface area contributed by atoms with E-state index < -0.39 is 35.1 Å². The Balaban J connectivity index is 1.99. The van der Waals surface area contributed by atoms with Gasteiger partial charge in [0.25, 0.3) is 5.56 Å². The predicted octanol–water partition coefficient (Wildman–Crippen LogP) is 3.92. The van der Waals surface area contributed by atoms with Crippen LogP contribution in [0.25, 0.3) is 10.8 Å². The van der Waals surface area contributed by atoms with Crippen molar-refractivity contribution in [2.45, 2.75) is 19.4 Å². The van der Waals surface area contributed by atoms with E-state index in [-0.39, 0.29) is 30.3 Å². The maximum Gasteiger partial charge on any atom is 0.322 e. The average molecular weight is 419 g/mol. The molecule has 2 amide bonds. The zero-order valence-electron chi connectivity index (χ0n) is 16.1. The monoisotopic (exact) mass is 419 g/mol. The van der Waals surface area contributed by atoms with E-state index in [1.54, 1.807) is 6.92 Å². The van der Waals surface area contributed by atoms with Crippen LogP contribution in [0.15, 0.2) is 47.4 Å². The Morgan fingerprint density at radius 1 is 1.13 bits per heavy atom. The first-order chi connectivity index (χ1) is 14.3. The summed E-state index contributed by atoms with van der Waals surface area (Å²) < 4.78 is 40.6. The number of aliphatic hydroxyl groups is 1. The minimum Gasteiger partial charge on any atom is -0.396 e. The highest BCUT2D eigenvalue weighted by Gasteiger charge is 2.24. The maximum atomic E-state index is 13.9. The van der Waals surface area contributed by atoms with Crippen molar-refractivity contribution in [2.75, 3.05) is 18.5 Å². The van der Waals surface area contributed by atoms with Gasteiger partial charge in [0.15, 0.2) is 11.6 Å². The fraction of sp³-hybridized carbons (Fsp3) is 0.238. The van der Waals surface area contributed by atoms with Crippen LogP contribution in [0.3, 0.4) is 0 Å². The highest BCUT2D eigenvalue weighted by Crippen LogP contribution is 2.28. The Morgan fingerprint density at radius 3 is 2.40 bits per heavy atom. The molecule has 3 rings (SSSR count). The molecule has 1 unspecified atom stereocenters. The summed E-state index contributed by atoms with van der Waals surface area (Å²) in [5.41, 5.74) is 0.176. The van der Waals surface area contributed by atoms with Crippen LogP contribution >= 0.6 is 0 Å². The number of anilines is 1. The molecule has 9 heteroatoms. The van der Waals surface area contributed by atoms with Gasteiger partial charge in [-0.25, -0.2) is 18.0 Å². The molecule has 0 bridgehead atoms. The van der Waals surface area contributed by atoms with Crippen molar-refractivity contribution in [1.29, 1.82) is 0 Å². The SMILES string of the molecule is CC(c1c[nH]c(=O)c2cc(F)c(F)cc12)N(CCCO)C(=O)Nc1ccc(F)cc1. The standard InChI is InChI=1S/C21H20F3N3O3/c1-12(17-11-25-20(29)16-10-19(24)18(23)9-15(16)17)27(7-2-8-28)21(30)26-14-5-3-13(22)4-6-14/h3-6,9-12,28H,2,7-8H2,1H3,(H,25,29)(H,26,30). The van der Waals surface area contributed by atoms with E-state index in [4.69, 9.17) is 0 Å². The van der Waals surface area contributed by atoms with Crippen LogP contribution < -0.4 is 10.9 Å². The molecule has 1 heterocycles. The number of pyridine rings is 1. The molecule has 0 radical (unpaired) electrons. The first-order valence-corrected chi connectivity index (χ1v) is 9.26. The summed E-state index contributed by atoms with van der Waals surface area (Å²) in [6, 6.07) is 5.73. The number of H-pyrrole nitrogens is 1. The third kappa shape index (κ3) is 4.46. The number of halogens is 3. The first kappa shape index (κ1) is 21.4. The van der Waals surface area contributed by atoms with Gasteiger partial charge in [0, 0.05) is 25.0 Å². The molecule has 1 atom stereocenters. The molecular weight excluding hydrogens is 399 g/mol. The Kier molecular flexibility index (Phi) is 6.41. The molecule has 0 fully saturated rings. The van der Waals surface area contributed by atoms with Crippen molar-refractivity contribution in [2.24, 2.45) is 0 Å². The summed E-state index contributed by atoms with van der Waals surface area (Å²) in [6.45, 7) is 1.64. The van der Waals surface area contributed by atoms with Crippen molar-refractivity contribution >= 4 is 22.5 Å². The molecule has 30 heavy (non-hydrogen) atoms. The number of aliphatic hydroxyl groups excluding tert-OH is 1. The molecular formula is C21H20F3N3O3. The lowest BCUT2D eigenvalue weighted by Crippen LogP contribution is -2.38. The maximum absolute atomic E-state index is 13.9. The second kappa shape index (κ2) is 9.00. The van der Waals surface area contributed by atoms with Gasteiger partial charge in [0.05, 0.1) is 11.4 Å². The van der Waals surface area contributed by atoms with E-state index in [9.17, 15) is 27.9 Å². The zero-order valence-corrected chi connectivity index (χ0v) is 16.1. The van der Waals surface area contributed by atoms with Gasteiger partial charge in [-0.05, 0) is 60.7 Å². The van der Waals surface area contributed by atoms with E-state index in [1.807, 2.05) is 0 Å². The van der Waals surface area contributed by atoms with Gasteiger partial charge in [-0.1, -0.05) is 0 Å². The molecule has 1 aromatic heterocycles. The number of carbonyl (C=O) groups is 1. The van der Waals surface area contributed by atoms with Crippen molar-refractivity contribution in [3.05, 3.63) is 76.0 Å². The third-order valence-corrected chi connectivity index (χ3v) is 4.81. The molecule has 3 N–H and O–H groups in total. The number of hydrogen-bond acceptors (Lipinski definition) is 3. The summed E-state index contributed by atoms with van der Waals surface area (Å²) in [5.74, 6) is -2.71. The Morgan fingerprint density at radius 2 is 1.77 bits per heavy atom. The molecule has 158 valence electrons. The molecule has 0 aliphatic rings. The molecule has 2 aromatic carbocycles. The number of aromatic amines is 1. The van der Waals surface area contributed by atoms with Crippen LogP contribution in [0, 0.1) is 17.5 Å². The fourth-order valence-corrected chi connectivity index (χ4v) is 3.23. The molecule has 0 spiro atoms. The Labute approximate surface area is 170 Å². The van der Waals surface area contributed by atoms with Gasteiger partial charge in [0.2, 0.25) is 0 Å².